The van der Waals surface area contributed by atoms with Gasteiger partial charge in [-0.2, -0.15) is 24.5 Å². The molecule has 0 spiro atoms. The van der Waals surface area contributed by atoms with E-state index in [1.165, 1.54) is 16.2 Å². The Balaban J connectivity index is 0.00000208. The molecule has 0 amide bonds. The predicted octanol–water partition coefficient (Wildman–Crippen LogP) is 3.99. The molecule has 1 aliphatic heterocycles. The fourth-order valence-electron chi connectivity index (χ4n) is 2.72. The van der Waals surface area contributed by atoms with Gasteiger partial charge in [-0.15, -0.1) is 23.7 Å². The fourth-order valence-corrected chi connectivity index (χ4v) is 4.25. The summed E-state index contributed by atoms with van der Waals surface area (Å²) in [6.07, 6.45) is -4.50. The van der Waals surface area contributed by atoms with Crippen LogP contribution in [0.5, 0.6) is 0 Å². The lowest BCUT2D eigenvalue weighted by atomic mass is 9.96. The SMILES string of the molecule is Cl.O=C(O)[C@@H]1CN(Cc2csc(-c3ccsc3)n2)C[C@H]1C(F)(F)F. The van der Waals surface area contributed by atoms with Crippen molar-refractivity contribution in [1.29, 1.82) is 0 Å². The number of thiazole rings is 1. The van der Waals surface area contributed by atoms with E-state index in [1.807, 2.05) is 22.2 Å². The zero-order valence-corrected chi connectivity index (χ0v) is 14.6. The van der Waals surface area contributed by atoms with Crippen molar-refractivity contribution in [3.8, 4) is 10.6 Å². The highest BCUT2D eigenvalue weighted by Crippen LogP contribution is 2.38. The number of hydrogen-bond donors (Lipinski definition) is 1. The van der Waals surface area contributed by atoms with Crippen molar-refractivity contribution in [2.45, 2.75) is 12.7 Å². The minimum atomic E-state index is -4.50. The van der Waals surface area contributed by atoms with Crippen LogP contribution in [0.15, 0.2) is 22.2 Å². The first-order chi connectivity index (χ1) is 10.8. The molecule has 0 aliphatic carbocycles. The van der Waals surface area contributed by atoms with Crippen LogP contribution in [0.2, 0.25) is 0 Å². The average molecular weight is 399 g/mol. The second kappa shape index (κ2) is 7.38. The van der Waals surface area contributed by atoms with Crippen molar-refractivity contribution in [3.05, 3.63) is 27.9 Å². The Hall–Kier alpha value is -1.16. The monoisotopic (exact) mass is 398 g/mol. The summed E-state index contributed by atoms with van der Waals surface area (Å²) in [5.41, 5.74) is 1.66. The number of alkyl halides is 3. The molecule has 2 aromatic rings. The summed E-state index contributed by atoms with van der Waals surface area (Å²) in [6.45, 7) is -0.173. The minimum Gasteiger partial charge on any atom is -0.481 e. The second-order valence-electron chi connectivity index (χ2n) is 5.44. The van der Waals surface area contributed by atoms with E-state index in [-0.39, 0.29) is 32.0 Å². The van der Waals surface area contributed by atoms with Crippen LogP contribution in [0.4, 0.5) is 13.2 Å². The van der Waals surface area contributed by atoms with Gasteiger partial charge in [0.2, 0.25) is 0 Å². The van der Waals surface area contributed by atoms with E-state index in [2.05, 4.69) is 4.98 Å². The molecule has 132 valence electrons. The van der Waals surface area contributed by atoms with Crippen molar-refractivity contribution < 1.29 is 23.1 Å². The molecule has 2 aromatic heterocycles. The van der Waals surface area contributed by atoms with Crippen molar-refractivity contribution in [1.82, 2.24) is 9.88 Å². The highest BCUT2D eigenvalue weighted by atomic mass is 35.5. The maximum absolute atomic E-state index is 13.0. The summed E-state index contributed by atoms with van der Waals surface area (Å²) in [5, 5.41) is 15.5. The predicted molar refractivity (Wildman–Crippen MR) is 88.6 cm³/mol. The highest BCUT2D eigenvalue weighted by Gasteiger charge is 2.52. The van der Waals surface area contributed by atoms with E-state index in [0.717, 1.165) is 10.6 Å². The summed E-state index contributed by atoms with van der Waals surface area (Å²) < 4.78 is 38.9. The van der Waals surface area contributed by atoms with E-state index >= 15 is 0 Å². The quantitative estimate of drug-likeness (QED) is 0.846. The number of carboxylic acids is 1. The number of carbonyl (C=O) groups is 1. The maximum Gasteiger partial charge on any atom is 0.393 e. The summed E-state index contributed by atoms with van der Waals surface area (Å²) in [6, 6.07) is 1.93. The average Bonchev–Trinajstić information content (AvgIpc) is 3.17. The topological polar surface area (TPSA) is 53.4 Å². The number of hydrogen-bond acceptors (Lipinski definition) is 5. The molecule has 2 atom stereocenters. The Kier molecular flexibility index (Phi) is 5.90. The molecule has 1 saturated heterocycles. The van der Waals surface area contributed by atoms with Crippen LogP contribution in [0.3, 0.4) is 0 Å². The lowest BCUT2D eigenvalue weighted by Crippen LogP contribution is -2.33. The van der Waals surface area contributed by atoms with Crippen LogP contribution in [0, 0.1) is 11.8 Å². The third kappa shape index (κ3) is 4.08. The molecule has 0 radical (unpaired) electrons. The van der Waals surface area contributed by atoms with E-state index in [0.29, 0.717) is 5.69 Å². The third-order valence-corrected chi connectivity index (χ3v) is 5.46. The van der Waals surface area contributed by atoms with Gasteiger partial charge in [0.05, 0.1) is 17.5 Å². The Morgan fingerprint density at radius 3 is 2.67 bits per heavy atom. The van der Waals surface area contributed by atoms with Crippen molar-refractivity contribution >= 4 is 41.0 Å². The summed E-state index contributed by atoms with van der Waals surface area (Å²) in [5.74, 6) is -4.63. The Morgan fingerprint density at radius 2 is 2.12 bits per heavy atom. The zero-order chi connectivity index (χ0) is 16.6. The minimum absolute atomic E-state index is 0. The summed E-state index contributed by atoms with van der Waals surface area (Å²) in [4.78, 5) is 17.0. The highest BCUT2D eigenvalue weighted by molar-refractivity contribution is 7.14. The third-order valence-electron chi connectivity index (χ3n) is 3.84. The number of halogens is 4. The number of aliphatic carboxylic acids is 1. The molecule has 0 saturated carbocycles. The standard InChI is InChI=1S/C14H13F3N2O2S2.ClH/c15-14(16,17)11-5-19(4-10(11)13(20)21)3-9-7-23-12(18-9)8-1-2-22-6-8;/h1-2,6-7,10-11H,3-5H2,(H,20,21);1H/t10-,11-;/m1./s1. The Bertz CT molecular complexity index is 691. The molecule has 3 heterocycles. The van der Waals surface area contributed by atoms with Gasteiger partial charge in [-0.25, -0.2) is 4.98 Å². The van der Waals surface area contributed by atoms with Crippen molar-refractivity contribution in [2.24, 2.45) is 11.8 Å². The Labute approximate surface area is 150 Å². The fraction of sp³-hybridized carbons (Fsp3) is 0.429. The first kappa shape index (κ1) is 19.2. The molecule has 1 fully saturated rings. The maximum atomic E-state index is 13.0. The van der Waals surface area contributed by atoms with Crippen LogP contribution in [-0.4, -0.2) is 40.2 Å². The lowest BCUT2D eigenvalue weighted by molar-refractivity contribution is -0.188. The van der Waals surface area contributed by atoms with Crippen molar-refractivity contribution in [3.63, 3.8) is 0 Å². The normalized spacial score (nSPS) is 21.6. The molecule has 1 aliphatic rings. The summed E-state index contributed by atoms with van der Waals surface area (Å²) in [7, 11) is 0. The molecule has 3 rings (SSSR count). The van der Waals surface area contributed by atoms with E-state index in [9.17, 15) is 18.0 Å². The molecular formula is C14H14ClF3N2O2S2. The molecule has 10 heteroatoms. The molecule has 0 unspecified atom stereocenters. The molecule has 0 aromatic carbocycles. The van der Waals surface area contributed by atoms with Crippen LogP contribution in [0.1, 0.15) is 5.69 Å². The van der Waals surface area contributed by atoms with E-state index in [1.54, 1.807) is 11.3 Å². The van der Waals surface area contributed by atoms with Crippen LogP contribution >= 0.6 is 35.1 Å². The van der Waals surface area contributed by atoms with Gasteiger partial charge in [0.25, 0.3) is 0 Å². The second-order valence-corrected chi connectivity index (χ2v) is 7.08. The van der Waals surface area contributed by atoms with Gasteiger partial charge >= 0.3 is 12.1 Å². The van der Waals surface area contributed by atoms with E-state index < -0.39 is 24.0 Å². The van der Waals surface area contributed by atoms with Gasteiger partial charge in [-0.05, 0) is 11.4 Å². The first-order valence-electron chi connectivity index (χ1n) is 6.83. The van der Waals surface area contributed by atoms with E-state index in [4.69, 9.17) is 5.11 Å². The number of thiophene rings is 1. The van der Waals surface area contributed by atoms with Gasteiger partial charge in [-0.1, -0.05) is 0 Å². The number of carboxylic acid groups (broad SMARTS) is 1. The van der Waals surface area contributed by atoms with Gasteiger partial charge in [0.15, 0.2) is 0 Å². The first-order valence-corrected chi connectivity index (χ1v) is 8.65. The molecule has 24 heavy (non-hydrogen) atoms. The van der Waals surface area contributed by atoms with Crippen LogP contribution in [0.25, 0.3) is 10.6 Å². The summed E-state index contributed by atoms with van der Waals surface area (Å²) >= 11 is 2.98. The van der Waals surface area contributed by atoms with Gasteiger partial charge in [-0.3, -0.25) is 9.69 Å². The number of nitrogens with zero attached hydrogens (tertiary/aromatic N) is 2. The lowest BCUT2D eigenvalue weighted by Gasteiger charge is -2.18. The molecular weight excluding hydrogens is 385 g/mol. The Morgan fingerprint density at radius 1 is 1.38 bits per heavy atom. The largest absolute Gasteiger partial charge is 0.481 e. The van der Waals surface area contributed by atoms with Crippen LogP contribution in [-0.2, 0) is 11.3 Å². The smallest absolute Gasteiger partial charge is 0.393 e. The number of aromatic nitrogens is 1. The van der Waals surface area contributed by atoms with Gasteiger partial charge in [0.1, 0.15) is 5.01 Å². The zero-order valence-electron chi connectivity index (χ0n) is 12.2. The van der Waals surface area contributed by atoms with Crippen LogP contribution < -0.4 is 0 Å². The molecule has 0 bridgehead atoms. The molecule has 4 nitrogen and oxygen atoms in total. The number of rotatable bonds is 4. The molecule has 1 N–H and O–H groups in total. The van der Waals surface area contributed by atoms with Gasteiger partial charge < -0.3 is 5.11 Å². The number of likely N-dealkylation sites (tertiary alicyclic amines) is 1. The van der Waals surface area contributed by atoms with Crippen molar-refractivity contribution in [2.75, 3.05) is 13.1 Å². The van der Waals surface area contributed by atoms with Gasteiger partial charge in [0, 0.05) is 36.0 Å².